The summed E-state index contributed by atoms with van der Waals surface area (Å²) >= 11 is 0. The number of ether oxygens (including phenoxy) is 1. The topological polar surface area (TPSA) is 64.4 Å². The lowest BCUT2D eigenvalue weighted by molar-refractivity contribution is 0.114. The van der Waals surface area contributed by atoms with Crippen molar-refractivity contribution in [2.45, 2.75) is 25.7 Å². The van der Waals surface area contributed by atoms with Gasteiger partial charge in [-0.15, -0.1) is 0 Å². The van der Waals surface area contributed by atoms with E-state index in [9.17, 15) is 8.42 Å². The van der Waals surface area contributed by atoms with Gasteiger partial charge in [0.05, 0.1) is 12.4 Å². The smallest absolute Gasteiger partial charge is 0.238 e. The van der Waals surface area contributed by atoms with Crippen LogP contribution < -0.4 is 4.31 Å². The second-order valence-corrected chi connectivity index (χ2v) is 7.48. The van der Waals surface area contributed by atoms with Gasteiger partial charge in [-0.1, -0.05) is 12.8 Å². The van der Waals surface area contributed by atoms with Crippen LogP contribution in [-0.4, -0.2) is 44.2 Å². The van der Waals surface area contributed by atoms with E-state index in [1.165, 1.54) is 37.0 Å². The van der Waals surface area contributed by atoms with Gasteiger partial charge in [0, 0.05) is 33.0 Å². The van der Waals surface area contributed by atoms with Crippen molar-refractivity contribution in [3.05, 3.63) is 12.3 Å². The molecular formula is C13H23N3O3S. The first-order chi connectivity index (χ1) is 9.49. The standard InChI is InChI=1S/C13H23N3O3S/c1-15-8-7-13(14-15)16(2)20(17,18)10-9-19-11-12-5-3-4-6-12/h7-8,12H,3-6,9-11H2,1-2H3. The summed E-state index contributed by atoms with van der Waals surface area (Å²) in [4.78, 5) is 0. The van der Waals surface area contributed by atoms with Crippen molar-refractivity contribution < 1.29 is 13.2 Å². The Morgan fingerprint density at radius 2 is 2.15 bits per heavy atom. The predicted octanol–water partition coefficient (Wildman–Crippen LogP) is 1.39. The minimum Gasteiger partial charge on any atom is -0.380 e. The van der Waals surface area contributed by atoms with Crippen LogP contribution in [0.5, 0.6) is 0 Å². The molecule has 1 aliphatic rings. The lowest BCUT2D eigenvalue weighted by Crippen LogP contribution is -2.31. The summed E-state index contributed by atoms with van der Waals surface area (Å²) in [6.07, 6.45) is 6.68. The lowest BCUT2D eigenvalue weighted by atomic mass is 10.1. The van der Waals surface area contributed by atoms with E-state index in [1.54, 1.807) is 24.0 Å². The third-order valence-electron chi connectivity index (χ3n) is 3.75. The fraction of sp³-hybridized carbons (Fsp3) is 0.769. The number of hydrogen-bond acceptors (Lipinski definition) is 4. The van der Waals surface area contributed by atoms with Crippen LogP contribution in [0.1, 0.15) is 25.7 Å². The highest BCUT2D eigenvalue weighted by Gasteiger charge is 2.21. The van der Waals surface area contributed by atoms with Crippen LogP contribution >= 0.6 is 0 Å². The van der Waals surface area contributed by atoms with E-state index in [0.29, 0.717) is 18.3 Å². The molecule has 0 atom stereocenters. The lowest BCUT2D eigenvalue weighted by Gasteiger charge is -2.17. The highest BCUT2D eigenvalue weighted by Crippen LogP contribution is 2.24. The summed E-state index contributed by atoms with van der Waals surface area (Å²) in [6.45, 7) is 0.929. The molecule has 1 aromatic rings. The maximum absolute atomic E-state index is 12.1. The molecule has 0 N–H and O–H groups in total. The Morgan fingerprint density at radius 1 is 1.45 bits per heavy atom. The zero-order valence-corrected chi connectivity index (χ0v) is 13.0. The highest BCUT2D eigenvalue weighted by molar-refractivity contribution is 7.92. The van der Waals surface area contributed by atoms with Crippen molar-refractivity contribution in [3.63, 3.8) is 0 Å². The Balaban J connectivity index is 1.78. The van der Waals surface area contributed by atoms with Crippen molar-refractivity contribution >= 4 is 15.8 Å². The largest absolute Gasteiger partial charge is 0.380 e. The normalized spacial score (nSPS) is 16.7. The number of hydrogen-bond donors (Lipinski definition) is 0. The fourth-order valence-corrected chi connectivity index (χ4v) is 3.43. The number of rotatable bonds is 7. The van der Waals surface area contributed by atoms with E-state index < -0.39 is 10.0 Å². The van der Waals surface area contributed by atoms with E-state index in [1.807, 2.05) is 0 Å². The van der Waals surface area contributed by atoms with Crippen molar-refractivity contribution in [1.29, 1.82) is 0 Å². The summed E-state index contributed by atoms with van der Waals surface area (Å²) < 4.78 is 32.6. The Hall–Kier alpha value is -1.08. The molecule has 0 aliphatic heterocycles. The third-order valence-corrected chi connectivity index (χ3v) is 5.46. The number of aryl methyl sites for hydroxylation is 1. The van der Waals surface area contributed by atoms with Gasteiger partial charge in [-0.3, -0.25) is 8.99 Å². The molecule has 0 aromatic carbocycles. The zero-order valence-electron chi connectivity index (χ0n) is 12.2. The number of nitrogens with zero attached hydrogens (tertiary/aromatic N) is 3. The third kappa shape index (κ3) is 3.96. The van der Waals surface area contributed by atoms with Crippen LogP contribution in [0.4, 0.5) is 5.82 Å². The van der Waals surface area contributed by atoms with E-state index >= 15 is 0 Å². The Kier molecular flexibility index (Phi) is 5.04. The van der Waals surface area contributed by atoms with Crippen molar-refractivity contribution in [3.8, 4) is 0 Å². The van der Waals surface area contributed by atoms with Gasteiger partial charge < -0.3 is 4.74 Å². The van der Waals surface area contributed by atoms with Gasteiger partial charge in [0.25, 0.3) is 0 Å². The van der Waals surface area contributed by atoms with Crippen molar-refractivity contribution in [2.75, 3.05) is 30.3 Å². The maximum Gasteiger partial charge on any atom is 0.238 e. The van der Waals surface area contributed by atoms with Gasteiger partial charge in [0.1, 0.15) is 0 Å². The summed E-state index contributed by atoms with van der Waals surface area (Å²) in [7, 11) is -0.0822. The van der Waals surface area contributed by atoms with Gasteiger partial charge in [0.2, 0.25) is 10.0 Å². The molecule has 0 spiro atoms. The molecule has 1 aromatic heterocycles. The average Bonchev–Trinajstić information content (AvgIpc) is 3.05. The summed E-state index contributed by atoms with van der Waals surface area (Å²) in [5, 5.41) is 4.09. The van der Waals surface area contributed by atoms with Gasteiger partial charge in [-0.25, -0.2) is 8.42 Å². The molecule has 1 fully saturated rings. The van der Waals surface area contributed by atoms with Gasteiger partial charge in [0.15, 0.2) is 5.82 Å². The average molecular weight is 301 g/mol. The molecule has 0 saturated heterocycles. The minimum absolute atomic E-state index is 0.00715. The molecule has 0 bridgehead atoms. The molecule has 0 unspecified atom stereocenters. The molecule has 0 amide bonds. The minimum atomic E-state index is -3.36. The predicted molar refractivity (Wildman–Crippen MR) is 78.2 cm³/mol. The van der Waals surface area contributed by atoms with Crippen LogP contribution in [-0.2, 0) is 21.8 Å². The Labute approximate surface area is 120 Å². The maximum atomic E-state index is 12.1. The summed E-state index contributed by atoms with van der Waals surface area (Å²) in [6, 6.07) is 1.68. The van der Waals surface area contributed by atoms with Gasteiger partial charge in [-0.2, -0.15) is 5.10 Å². The van der Waals surface area contributed by atoms with Crippen molar-refractivity contribution in [2.24, 2.45) is 13.0 Å². The molecule has 1 saturated carbocycles. The molecule has 7 heteroatoms. The second kappa shape index (κ2) is 6.58. The first-order valence-electron chi connectivity index (χ1n) is 7.03. The van der Waals surface area contributed by atoms with E-state index in [2.05, 4.69) is 5.10 Å². The van der Waals surface area contributed by atoms with Crippen molar-refractivity contribution in [1.82, 2.24) is 9.78 Å². The monoisotopic (exact) mass is 301 g/mol. The van der Waals surface area contributed by atoms with Crippen LogP contribution in [0, 0.1) is 5.92 Å². The first-order valence-corrected chi connectivity index (χ1v) is 8.64. The quantitative estimate of drug-likeness (QED) is 0.714. The van der Waals surface area contributed by atoms with Gasteiger partial charge in [-0.05, 0) is 18.8 Å². The number of anilines is 1. The molecule has 1 aliphatic carbocycles. The number of sulfonamides is 1. The first kappa shape index (κ1) is 15.3. The molecule has 1 heterocycles. The van der Waals surface area contributed by atoms with Gasteiger partial charge >= 0.3 is 0 Å². The molecule has 6 nitrogen and oxygen atoms in total. The van der Waals surface area contributed by atoms with Crippen LogP contribution in [0.3, 0.4) is 0 Å². The SMILES string of the molecule is CN(c1ccn(C)n1)S(=O)(=O)CCOCC1CCCC1. The summed E-state index contributed by atoms with van der Waals surface area (Å²) in [5.74, 6) is 1.04. The fourth-order valence-electron chi connectivity index (χ4n) is 2.44. The number of aromatic nitrogens is 2. The van der Waals surface area contributed by atoms with Crippen LogP contribution in [0.2, 0.25) is 0 Å². The molecule has 20 heavy (non-hydrogen) atoms. The van der Waals surface area contributed by atoms with E-state index in [4.69, 9.17) is 4.74 Å². The zero-order chi connectivity index (χ0) is 14.6. The van der Waals surface area contributed by atoms with Crippen LogP contribution in [0.25, 0.3) is 0 Å². The molecular weight excluding hydrogens is 278 g/mol. The second-order valence-electron chi connectivity index (χ2n) is 5.36. The molecule has 2 rings (SSSR count). The summed E-state index contributed by atoms with van der Waals surface area (Å²) in [5.41, 5.74) is 0. The van der Waals surface area contributed by atoms with Crippen LogP contribution in [0.15, 0.2) is 12.3 Å². The highest BCUT2D eigenvalue weighted by atomic mass is 32.2. The van der Waals surface area contributed by atoms with E-state index in [0.717, 1.165) is 0 Å². The Bertz CT molecular complexity index is 521. The molecule has 0 radical (unpaired) electrons. The van der Waals surface area contributed by atoms with E-state index in [-0.39, 0.29) is 12.4 Å². The molecule has 114 valence electrons. The Morgan fingerprint density at radius 3 is 2.75 bits per heavy atom.